The average Bonchev–Trinajstić information content (AvgIpc) is 3.16. The number of benzene rings is 2. The Balaban J connectivity index is 1.97. The topological polar surface area (TPSA) is 79.1 Å². The van der Waals surface area contributed by atoms with Crippen molar-refractivity contribution in [3.8, 4) is 11.5 Å². The number of fused-ring (bicyclic) bond motifs is 1. The Labute approximate surface area is 204 Å². The largest absolute Gasteiger partial charge is 0.493 e. The highest BCUT2D eigenvalue weighted by atomic mass is 32.1. The van der Waals surface area contributed by atoms with Crippen LogP contribution in [-0.4, -0.2) is 31.4 Å². The molecule has 180 valence electrons. The molecule has 35 heavy (non-hydrogen) atoms. The molecule has 7 nitrogen and oxygen atoms in total. The van der Waals surface area contributed by atoms with Crippen LogP contribution in [0.15, 0.2) is 76.2 Å². The normalized spacial score (nSPS) is 15.3. The molecule has 0 radical (unpaired) electrons. The van der Waals surface area contributed by atoms with Gasteiger partial charge in [-0.15, -0.1) is 0 Å². The third kappa shape index (κ3) is 4.54. The van der Waals surface area contributed by atoms with Crippen LogP contribution in [0.5, 0.6) is 11.5 Å². The van der Waals surface area contributed by atoms with Crippen LogP contribution < -0.4 is 24.4 Å². The first-order valence-electron chi connectivity index (χ1n) is 10.7. The molecule has 2 heterocycles. The molecule has 0 bridgehead atoms. The Hall–Kier alpha value is -3.98. The van der Waals surface area contributed by atoms with E-state index in [1.54, 1.807) is 43.3 Å². The minimum Gasteiger partial charge on any atom is -0.493 e. The third-order valence-electron chi connectivity index (χ3n) is 5.49. The number of hydrogen-bond acceptors (Lipinski definition) is 7. The molecular formula is C26H23FN2O5S. The summed E-state index contributed by atoms with van der Waals surface area (Å²) in [6, 6.07) is 10.5. The number of carbonyl (C=O) groups is 1. The van der Waals surface area contributed by atoms with Crippen LogP contribution in [0.3, 0.4) is 0 Å². The van der Waals surface area contributed by atoms with Gasteiger partial charge in [-0.2, -0.15) is 0 Å². The van der Waals surface area contributed by atoms with Crippen LogP contribution in [0, 0.1) is 5.82 Å². The van der Waals surface area contributed by atoms with Crippen LogP contribution >= 0.6 is 11.3 Å². The van der Waals surface area contributed by atoms with Gasteiger partial charge >= 0.3 is 5.97 Å². The quantitative estimate of drug-likeness (QED) is 0.373. The number of halogens is 1. The minimum absolute atomic E-state index is 0.00592. The summed E-state index contributed by atoms with van der Waals surface area (Å²) in [5, 5.41) is 0. The maximum atomic E-state index is 14.3. The van der Waals surface area contributed by atoms with Crippen LogP contribution in [0.4, 0.5) is 4.39 Å². The highest BCUT2D eigenvalue weighted by Crippen LogP contribution is 2.36. The van der Waals surface area contributed by atoms with Gasteiger partial charge in [0.25, 0.3) is 5.56 Å². The van der Waals surface area contributed by atoms with Crippen LogP contribution in [0.25, 0.3) is 6.08 Å². The van der Waals surface area contributed by atoms with E-state index in [9.17, 15) is 14.0 Å². The van der Waals surface area contributed by atoms with Crippen molar-refractivity contribution in [1.82, 2.24) is 4.57 Å². The predicted octanol–water partition coefficient (Wildman–Crippen LogP) is 3.12. The van der Waals surface area contributed by atoms with E-state index in [1.165, 1.54) is 37.0 Å². The molecule has 0 unspecified atom stereocenters. The van der Waals surface area contributed by atoms with Crippen molar-refractivity contribution < 1.29 is 23.4 Å². The Morgan fingerprint density at radius 1 is 1.20 bits per heavy atom. The second kappa shape index (κ2) is 10.1. The minimum atomic E-state index is -0.842. The molecule has 1 atom stereocenters. The van der Waals surface area contributed by atoms with Gasteiger partial charge in [0.15, 0.2) is 16.3 Å². The highest BCUT2D eigenvalue weighted by Gasteiger charge is 2.34. The number of esters is 1. The molecule has 0 spiro atoms. The lowest BCUT2D eigenvalue weighted by Gasteiger charge is -2.25. The van der Waals surface area contributed by atoms with E-state index >= 15 is 0 Å². The van der Waals surface area contributed by atoms with Crippen molar-refractivity contribution in [3.05, 3.63) is 103 Å². The smallest absolute Gasteiger partial charge is 0.338 e. The van der Waals surface area contributed by atoms with Crippen molar-refractivity contribution in [2.24, 2.45) is 4.99 Å². The molecule has 0 fully saturated rings. The van der Waals surface area contributed by atoms with E-state index in [-0.39, 0.29) is 22.3 Å². The van der Waals surface area contributed by atoms with Gasteiger partial charge in [0.05, 0.1) is 36.1 Å². The summed E-state index contributed by atoms with van der Waals surface area (Å²) in [6.45, 7) is 5.27. The van der Waals surface area contributed by atoms with Gasteiger partial charge < -0.3 is 14.2 Å². The maximum absolute atomic E-state index is 14.3. The highest BCUT2D eigenvalue weighted by molar-refractivity contribution is 7.07. The summed E-state index contributed by atoms with van der Waals surface area (Å²) in [7, 11) is 3.02. The zero-order chi connectivity index (χ0) is 25.1. The van der Waals surface area contributed by atoms with Crippen molar-refractivity contribution in [2.45, 2.75) is 13.0 Å². The molecule has 0 aliphatic carbocycles. The number of allylic oxidation sites excluding steroid dienone is 1. The monoisotopic (exact) mass is 494 g/mol. The second-order valence-corrected chi connectivity index (χ2v) is 8.61. The van der Waals surface area contributed by atoms with E-state index in [2.05, 4.69) is 11.6 Å². The van der Waals surface area contributed by atoms with Crippen LogP contribution in [-0.2, 0) is 9.53 Å². The Morgan fingerprint density at radius 3 is 2.63 bits per heavy atom. The summed E-state index contributed by atoms with van der Waals surface area (Å²) < 4.78 is 32.1. The SMILES string of the molecule is C=CCOC(=O)C1=C(C)N=c2s/c(=C\c3ccccc3F)c(=O)n2[C@H]1c1ccc(OC)c(OC)c1. The zero-order valence-corrected chi connectivity index (χ0v) is 20.2. The molecule has 0 saturated carbocycles. The molecule has 9 heteroatoms. The Kier molecular flexibility index (Phi) is 6.97. The van der Waals surface area contributed by atoms with Gasteiger partial charge in [-0.25, -0.2) is 14.2 Å². The second-order valence-electron chi connectivity index (χ2n) is 7.60. The fourth-order valence-corrected chi connectivity index (χ4v) is 4.90. The first-order valence-corrected chi connectivity index (χ1v) is 11.5. The van der Waals surface area contributed by atoms with E-state index < -0.39 is 23.4 Å². The zero-order valence-electron chi connectivity index (χ0n) is 19.4. The van der Waals surface area contributed by atoms with Crippen molar-refractivity contribution in [1.29, 1.82) is 0 Å². The number of rotatable bonds is 7. The number of nitrogens with zero attached hydrogens (tertiary/aromatic N) is 2. The van der Waals surface area contributed by atoms with Crippen molar-refractivity contribution >= 4 is 23.4 Å². The van der Waals surface area contributed by atoms with Gasteiger partial charge in [0.2, 0.25) is 0 Å². The van der Waals surface area contributed by atoms with E-state index in [0.717, 1.165) is 11.3 Å². The predicted molar refractivity (Wildman–Crippen MR) is 131 cm³/mol. The number of carbonyl (C=O) groups excluding carboxylic acids is 1. The molecule has 4 rings (SSSR count). The number of hydrogen-bond donors (Lipinski definition) is 0. The molecule has 1 aliphatic rings. The molecule has 0 saturated heterocycles. The summed E-state index contributed by atoms with van der Waals surface area (Å²) in [5.74, 6) is -0.124. The van der Waals surface area contributed by atoms with Crippen molar-refractivity contribution in [3.63, 3.8) is 0 Å². The Bertz CT molecular complexity index is 1520. The van der Waals surface area contributed by atoms with E-state index in [0.29, 0.717) is 27.6 Å². The summed E-state index contributed by atoms with van der Waals surface area (Å²) in [6.07, 6.45) is 2.95. The first-order chi connectivity index (χ1) is 16.9. The van der Waals surface area contributed by atoms with Gasteiger partial charge in [-0.3, -0.25) is 9.36 Å². The number of methoxy groups -OCH3 is 2. The number of aromatic nitrogens is 1. The van der Waals surface area contributed by atoms with E-state index in [4.69, 9.17) is 14.2 Å². The summed E-state index contributed by atoms with van der Waals surface area (Å²) in [5.41, 5.74) is 1.10. The fourth-order valence-electron chi connectivity index (χ4n) is 3.87. The molecule has 0 N–H and O–H groups in total. The number of thiazole rings is 1. The van der Waals surface area contributed by atoms with Gasteiger partial charge in [0.1, 0.15) is 12.4 Å². The first kappa shape index (κ1) is 24.2. The molecule has 3 aromatic rings. The summed E-state index contributed by atoms with van der Waals surface area (Å²) >= 11 is 1.12. The lowest BCUT2D eigenvalue weighted by Crippen LogP contribution is -2.40. The summed E-state index contributed by atoms with van der Waals surface area (Å²) in [4.78, 5) is 31.6. The molecule has 1 aliphatic heterocycles. The third-order valence-corrected chi connectivity index (χ3v) is 6.47. The van der Waals surface area contributed by atoms with Crippen molar-refractivity contribution in [2.75, 3.05) is 20.8 Å². The lowest BCUT2D eigenvalue weighted by atomic mass is 9.95. The number of ether oxygens (including phenoxy) is 3. The fraction of sp³-hybridized carbons (Fsp3) is 0.192. The Morgan fingerprint density at radius 2 is 1.94 bits per heavy atom. The average molecular weight is 495 g/mol. The van der Waals surface area contributed by atoms with Crippen LogP contribution in [0.1, 0.15) is 24.1 Å². The standard InChI is InChI=1S/C26H23FN2O5S/c1-5-12-34-25(31)22-15(2)28-26-29(23(22)17-10-11-19(32-3)20(13-17)33-4)24(30)21(35-26)14-16-8-6-7-9-18(16)27/h5-11,13-14,23H,1,12H2,2-4H3/b21-14-/t23-/m0/s1. The molecule has 2 aromatic carbocycles. The molecule has 0 amide bonds. The molecule has 1 aromatic heterocycles. The van der Waals surface area contributed by atoms with Gasteiger partial charge in [0, 0.05) is 5.56 Å². The van der Waals surface area contributed by atoms with Gasteiger partial charge in [-0.05, 0) is 36.8 Å². The van der Waals surface area contributed by atoms with Gasteiger partial charge in [-0.1, -0.05) is 48.3 Å². The van der Waals surface area contributed by atoms with Crippen LogP contribution in [0.2, 0.25) is 0 Å². The van der Waals surface area contributed by atoms with E-state index in [1.807, 2.05) is 0 Å². The molecular weight excluding hydrogens is 471 g/mol. The maximum Gasteiger partial charge on any atom is 0.338 e. The lowest BCUT2D eigenvalue weighted by molar-refractivity contribution is -0.138.